The third-order valence-corrected chi connectivity index (χ3v) is 3.36. The van der Waals surface area contributed by atoms with E-state index in [0.717, 1.165) is 18.7 Å². The molecule has 0 aliphatic carbocycles. The van der Waals surface area contributed by atoms with Crippen molar-refractivity contribution >= 4 is 5.96 Å². The Labute approximate surface area is 125 Å². The average Bonchev–Trinajstić information content (AvgIpc) is 2.48. The third kappa shape index (κ3) is 4.68. The number of hydrogen-bond donors (Lipinski definition) is 1. The summed E-state index contributed by atoms with van der Waals surface area (Å²) in [6.07, 6.45) is 0. The fourth-order valence-corrected chi connectivity index (χ4v) is 2.22. The minimum Gasteiger partial charge on any atom is -0.378 e. The normalized spacial score (nSPS) is 16.6. The second-order valence-corrected chi connectivity index (χ2v) is 5.44. The molecule has 1 aliphatic rings. The molecule has 0 unspecified atom stereocenters. The molecule has 0 bridgehead atoms. The summed E-state index contributed by atoms with van der Waals surface area (Å²) in [6, 6.07) is 5.25. The number of guanidine groups is 1. The number of halogens is 1. The van der Waals surface area contributed by atoms with Crippen molar-refractivity contribution in [1.82, 2.24) is 9.80 Å². The molecule has 1 saturated heterocycles. The van der Waals surface area contributed by atoms with Gasteiger partial charge < -0.3 is 20.3 Å². The summed E-state index contributed by atoms with van der Waals surface area (Å²) in [7, 11) is 3.83. The van der Waals surface area contributed by atoms with Crippen LogP contribution >= 0.6 is 0 Å². The van der Waals surface area contributed by atoms with Crippen LogP contribution in [0.4, 0.5) is 4.39 Å². The zero-order chi connectivity index (χ0) is 15.2. The van der Waals surface area contributed by atoms with Gasteiger partial charge in [0.1, 0.15) is 5.82 Å². The van der Waals surface area contributed by atoms with E-state index in [-0.39, 0.29) is 5.82 Å². The van der Waals surface area contributed by atoms with Crippen molar-refractivity contribution in [1.29, 1.82) is 0 Å². The molecule has 0 spiro atoms. The molecule has 0 amide bonds. The van der Waals surface area contributed by atoms with Gasteiger partial charge in [-0.3, -0.25) is 0 Å². The first-order valence-electron chi connectivity index (χ1n) is 7.11. The van der Waals surface area contributed by atoms with Gasteiger partial charge in [0.25, 0.3) is 0 Å². The van der Waals surface area contributed by atoms with Gasteiger partial charge in [0.05, 0.1) is 19.8 Å². The highest BCUT2D eigenvalue weighted by Gasteiger charge is 2.12. The van der Waals surface area contributed by atoms with Gasteiger partial charge in [-0.05, 0) is 25.7 Å². The van der Waals surface area contributed by atoms with Gasteiger partial charge in [0.15, 0.2) is 5.96 Å². The van der Waals surface area contributed by atoms with Gasteiger partial charge in [-0.1, -0.05) is 12.1 Å². The molecule has 0 radical (unpaired) electrons. The third-order valence-electron chi connectivity index (χ3n) is 3.36. The van der Waals surface area contributed by atoms with E-state index in [4.69, 9.17) is 10.5 Å². The summed E-state index contributed by atoms with van der Waals surface area (Å²) < 4.78 is 19.2. The van der Waals surface area contributed by atoms with Crippen molar-refractivity contribution in [3.8, 4) is 0 Å². The van der Waals surface area contributed by atoms with E-state index >= 15 is 0 Å². The quantitative estimate of drug-likeness (QED) is 0.666. The fraction of sp³-hybridized carbons (Fsp3) is 0.533. The summed E-state index contributed by atoms with van der Waals surface area (Å²) in [4.78, 5) is 8.26. The first kappa shape index (κ1) is 15.7. The summed E-state index contributed by atoms with van der Waals surface area (Å²) in [6.45, 7) is 3.83. The number of nitrogens with zero attached hydrogens (tertiary/aromatic N) is 3. The van der Waals surface area contributed by atoms with Crippen molar-refractivity contribution in [3.05, 3.63) is 35.1 Å². The van der Waals surface area contributed by atoms with Gasteiger partial charge in [-0.15, -0.1) is 0 Å². The SMILES string of the molecule is CN(C)Cc1ccc(CN=C(N)N2CCOCC2)cc1F. The first-order valence-corrected chi connectivity index (χ1v) is 7.11. The van der Waals surface area contributed by atoms with E-state index in [1.54, 1.807) is 0 Å². The maximum absolute atomic E-state index is 14.0. The highest BCUT2D eigenvalue weighted by Crippen LogP contribution is 2.13. The molecule has 0 aromatic heterocycles. The van der Waals surface area contributed by atoms with Crippen molar-refractivity contribution in [3.63, 3.8) is 0 Å². The lowest BCUT2D eigenvalue weighted by atomic mass is 10.1. The monoisotopic (exact) mass is 294 g/mol. The summed E-state index contributed by atoms with van der Waals surface area (Å²) in [5.41, 5.74) is 7.46. The van der Waals surface area contributed by atoms with E-state index in [9.17, 15) is 4.39 Å². The molecule has 21 heavy (non-hydrogen) atoms. The van der Waals surface area contributed by atoms with Gasteiger partial charge in [-0.2, -0.15) is 0 Å². The van der Waals surface area contributed by atoms with Gasteiger partial charge >= 0.3 is 0 Å². The van der Waals surface area contributed by atoms with Crippen molar-refractivity contribution in [2.45, 2.75) is 13.1 Å². The van der Waals surface area contributed by atoms with E-state index in [1.807, 2.05) is 36.0 Å². The molecular weight excluding hydrogens is 271 g/mol. The van der Waals surface area contributed by atoms with Crippen molar-refractivity contribution in [2.75, 3.05) is 40.4 Å². The zero-order valence-electron chi connectivity index (χ0n) is 12.7. The molecule has 6 heteroatoms. The highest BCUT2D eigenvalue weighted by molar-refractivity contribution is 5.78. The molecule has 1 fully saturated rings. The number of nitrogens with two attached hydrogens (primary N) is 1. The molecule has 116 valence electrons. The lowest BCUT2D eigenvalue weighted by Gasteiger charge is -2.27. The lowest BCUT2D eigenvalue weighted by Crippen LogP contribution is -2.44. The smallest absolute Gasteiger partial charge is 0.191 e. The van der Waals surface area contributed by atoms with E-state index in [0.29, 0.717) is 37.8 Å². The molecular formula is C15H23FN4O. The number of hydrogen-bond acceptors (Lipinski definition) is 3. The Morgan fingerprint density at radius 1 is 1.38 bits per heavy atom. The zero-order valence-corrected chi connectivity index (χ0v) is 12.7. The molecule has 0 saturated carbocycles. The maximum atomic E-state index is 14.0. The molecule has 2 rings (SSSR count). The Balaban J connectivity index is 1.97. The number of aliphatic imine (C=N–C) groups is 1. The van der Waals surface area contributed by atoms with Crippen LogP contribution in [0.15, 0.2) is 23.2 Å². The van der Waals surface area contributed by atoms with Crippen LogP contribution in [-0.2, 0) is 17.8 Å². The van der Waals surface area contributed by atoms with Crippen molar-refractivity contribution < 1.29 is 9.13 Å². The van der Waals surface area contributed by atoms with Crippen LogP contribution in [0.1, 0.15) is 11.1 Å². The Bertz CT molecular complexity index is 498. The molecule has 1 heterocycles. The van der Waals surface area contributed by atoms with Crippen LogP contribution in [-0.4, -0.2) is 56.2 Å². The van der Waals surface area contributed by atoms with Crippen LogP contribution in [0.2, 0.25) is 0 Å². The minimum atomic E-state index is -0.193. The second kappa shape index (κ2) is 7.38. The van der Waals surface area contributed by atoms with E-state index < -0.39 is 0 Å². The largest absolute Gasteiger partial charge is 0.378 e. The Kier molecular flexibility index (Phi) is 5.52. The minimum absolute atomic E-state index is 0.193. The second-order valence-electron chi connectivity index (χ2n) is 5.44. The maximum Gasteiger partial charge on any atom is 0.191 e. The Hall–Kier alpha value is -1.66. The number of morpholine rings is 1. The summed E-state index contributed by atoms with van der Waals surface area (Å²) in [5.74, 6) is 0.303. The first-order chi connectivity index (χ1) is 10.1. The standard InChI is InChI=1S/C15H23FN4O/c1-19(2)11-13-4-3-12(9-14(13)16)10-18-15(17)20-5-7-21-8-6-20/h3-4,9H,5-8,10-11H2,1-2H3,(H2,17,18). The molecule has 2 N–H and O–H groups in total. The number of ether oxygens (including phenoxy) is 1. The van der Waals surface area contributed by atoms with Crippen LogP contribution in [0.5, 0.6) is 0 Å². The Morgan fingerprint density at radius 3 is 2.71 bits per heavy atom. The highest BCUT2D eigenvalue weighted by atomic mass is 19.1. The number of rotatable bonds is 4. The predicted molar refractivity (Wildman–Crippen MR) is 81.5 cm³/mol. The fourth-order valence-electron chi connectivity index (χ4n) is 2.22. The van der Waals surface area contributed by atoms with E-state index in [2.05, 4.69) is 4.99 Å². The molecule has 5 nitrogen and oxygen atoms in total. The van der Waals surface area contributed by atoms with E-state index in [1.165, 1.54) is 6.07 Å². The molecule has 1 aromatic rings. The summed E-state index contributed by atoms with van der Waals surface area (Å²) in [5, 5.41) is 0. The topological polar surface area (TPSA) is 54.1 Å². The summed E-state index contributed by atoms with van der Waals surface area (Å²) >= 11 is 0. The van der Waals surface area contributed by atoms with Crippen LogP contribution < -0.4 is 5.73 Å². The molecule has 1 aromatic carbocycles. The van der Waals surface area contributed by atoms with Gasteiger partial charge in [-0.25, -0.2) is 9.38 Å². The lowest BCUT2D eigenvalue weighted by molar-refractivity contribution is 0.0674. The van der Waals surface area contributed by atoms with Gasteiger partial charge in [0.2, 0.25) is 0 Å². The predicted octanol–water partition coefficient (Wildman–Crippen LogP) is 1.03. The molecule has 1 aliphatic heterocycles. The van der Waals surface area contributed by atoms with Gasteiger partial charge in [0, 0.05) is 25.2 Å². The Morgan fingerprint density at radius 2 is 2.10 bits per heavy atom. The van der Waals surface area contributed by atoms with Crippen LogP contribution in [0, 0.1) is 5.82 Å². The van der Waals surface area contributed by atoms with Crippen LogP contribution in [0.3, 0.4) is 0 Å². The van der Waals surface area contributed by atoms with Crippen molar-refractivity contribution in [2.24, 2.45) is 10.7 Å². The number of benzene rings is 1. The average molecular weight is 294 g/mol. The molecule has 0 atom stereocenters. The van der Waals surface area contributed by atoms with Crippen LogP contribution in [0.25, 0.3) is 0 Å².